The Morgan fingerprint density at radius 3 is 2.17 bits per heavy atom. The molecule has 12 heavy (non-hydrogen) atoms. The Morgan fingerprint density at radius 1 is 1.25 bits per heavy atom. The van der Waals surface area contributed by atoms with Crippen molar-refractivity contribution in [3.63, 3.8) is 0 Å². The minimum atomic E-state index is 0.500. The topological polar surface area (TPSA) is 12.0 Å². The average molecular weight is 190 g/mol. The minimum Gasteiger partial charge on any atom is -0.316 e. The molecule has 0 saturated carbocycles. The van der Waals surface area contributed by atoms with Gasteiger partial charge in [-0.15, -0.1) is 0 Å². The molecule has 0 aliphatic rings. The smallest absolute Gasteiger partial charge is 0.0785 e. The Morgan fingerprint density at radius 2 is 1.75 bits per heavy atom. The van der Waals surface area contributed by atoms with Crippen molar-refractivity contribution in [3.8, 4) is 0 Å². The summed E-state index contributed by atoms with van der Waals surface area (Å²) in [5.41, 5.74) is 1.26. The summed E-state index contributed by atoms with van der Waals surface area (Å²) < 4.78 is 9.50. The van der Waals surface area contributed by atoms with E-state index in [2.05, 4.69) is 5.32 Å². The van der Waals surface area contributed by atoms with E-state index in [-0.39, 0.29) is 0 Å². The largest absolute Gasteiger partial charge is 0.316 e. The second kappa shape index (κ2) is 7.07. The highest BCUT2D eigenvalue weighted by molar-refractivity contribution is 6.30. The van der Waals surface area contributed by atoms with Crippen LogP contribution in [0.1, 0.15) is 5.56 Å². The minimum absolute atomic E-state index is 0.500. The van der Waals surface area contributed by atoms with Gasteiger partial charge in [-0.3, -0.25) is 4.39 Å². The summed E-state index contributed by atoms with van der Waals surface area (Å²) in [7, 11) is 2.43. The van der Waals surface area contributed by atoms with Crippen molar-refractivity contribution in [2.45, 2.75) is 6.54 Å². The fraction of sp³-hybridized carbons (Fsp3) is 0.333. The quantitative estimate of drug-likeness (QED) is 0.755. The third-order valence-corrected chi connectivity index (χ3v) is 1.55. The number of alkyl halides is 1. The van der Waals surface area contributed by atoms with Crippen molar-refractivity contribution < 1.29 is 4.39 Å². The van der Waals surface area contributed by atoms with E-state index < -0.39 is 0 Å². The van der Waals surface area contributed by atoms with Crippen molar-refractivity contribution >= 4 is 11.6 Å². The van der Waals surface area contributed by atoms with E-state index in [0.29, 0.717) is 7.18 Å². The molecule has 0 amide bonds. The standard InChI is InChI=1S/C8H10ClN.CH3F/c1-10-6-7-2-4-8(9)5-3-7;1-2/h2-5,10H,6H2,1H3;1H3. The molecule has 0 unspecified atom stereocenters. The van der Waals surface area contributed by atoms with E-state index in [1.54, 1.807) is 0 Å². The normalized spacial score (nSPS) is 8.67. The predicted molar refractivity (Wildman–Crippen MR) is 51.2 cm³/mol. The van der Waals surface area contributed by atoms with Crippen molar-refractivity contribution in [3.05, 3.63) is 34.9 Å². The Balaban J connectivity index is 0.000000561. The maximum Gasteiger partial charge on any atom is 0.0785 e. The van der Waals surface area contributed by atoms with Gasteiger partial charge in [-0.05, 0) is 24.7 Å². The molecule has 0 spiro atoms. The lowest BCUT2D eigenvalue weighted by Gasteiger charge is -1.97. The summed E-state index contributed by atoms with van der Waals surface area (Å²) in [4.78, 5) is 0. The molecular weight excluding hydrogens is 177 g/mol. The number of nitrogens with one attached hydrogen (secondary N) is 1. The summed E-state index contributed by atoms with van der Waals surface area (Å²) in [5, 5.41) is 3.85. The van der Waals surface area contributed by atoms with Crippen molar-refractivity contribution in [1.82, 2.24) is 5.32 Å². The van der Waals surface area contributed by atoms with Crippen molar-refractivity contribution in [1.29, 1.82) is 0 Å². The average Bonchev–Trinajstić information content (AvgIpc) is 2.13. The van der Waals surface area contributed by atoms with Crippen LogP contribution in [0, 0.1) is 0 Å². The Labute approximate surface area is 77.6 Å². The third kappa shape index (κ3) is 4.31. The van der Waals surface area contributed by atoms with Crippen LogP contribution in [0.4, 0.5) is 4.39 Å². The van der Waals surface area contributed by atoms with Crippen LogP contribution in [0.25, 0.3) is 0 Å². The first kappa shape index (κ1) is 11.4. The van der Waals surface area contributed by atoms with Gasteiger partial charge < -0.3 is 5.32 Å². The fourth-order valence-electron chi connectivity index (χ4n) is 0.806. The monoisotopic (exact) mass is 189 g/mol. The molecule has 3 heteroatoms. The molecule has 0 heterocycles. The van der Waals surface area contributed by atoms with Crippen LogP contribution in [-0.4, -0.2) is 14.2 Å². The SMILES string of the molecule is CF.CNCc1ccc(Cl)cc1. The molecule has 0 fully saturated rings. The van der Waals surface area contributed by atoms with E-state index in [0.717, 1.165) is 11.6 Å². The molecule has 1 nitrogen and oxygen atoms in total. The van der Waals surface area contributed by atoms with Crippen LogP contribution in [-0.2, 0) is 6.54 Å². The van der Waals surface area contributed by atoms with Gasteiger partial charge in [-0.2, -0.15) is 0 Å². The number of halogens is 2. The summed E-state index contributed by atoms with van der Waals surface area (Å²) in [6.07, 6.45) is 0. The van der Waals surface area contributed by atoms with Crippen LogP contribution >= 0.6 is 11.6 Å². The molecule has 0 saturated heterocycles. The molecule has 0 aromatic heterocycles. The van der Waals surface area contributed by atoms with Gasteiger partial charge in [0.05, 0.1) is 7.18 Å². The first-order valence-corrected chi connectivity index (χ1v) is 3.97. The highest BCUT2D eigenvalue weighted by Gasteiger charge is 1.88. The number of hydrogen-bond donors (Lipinski definition) is 1. The third-order valence-electron chi connectivity index (χ3n) is 1.29. The molecule has 1 aromatic rings. The summed E-state index contributed by atoms with van der Waals surface area (Å²) in [5.74, 6) is 0. The Hall–Kier alpha value is -0.600. The molecular formula is C9H13ClFN. The van der Waals surface area contributed by atoms with Crippen LogP contribution < -0.4 is 5.32 Å². The molecule has 0 atom stereocenters. The van der Waals surface area contributed by atoms with E-state index in [1.165, 1.54) is 5.56 Å². The second-order valence-corrected chi connectivity index (χ2v) is 2.59. The molecule has 0 aliphatic carbocycles. The molecule has 0 radical (unpaired) electrons. The lowest BCUT2D eigenvalue weighted by atomic mass is 10.2. The first-order valence-electron chi connectivity index (χ1n) is 3.60. The van der Waals surface area contributed by atoms with E-state index >= 15 is 0 Å². The maximum atomic E-state index is 9.50. The molecule has 0 aliphatic heterocycles. The van der Waals surface area contributed by atoms with Gasteiger partial charge in [0.15, 0.2) is 0 Å². The van der Waals surface area contributed by atoms with Gasteiger partial charge in [-0.1, -0.05) is 23.7 Å². The molecule has 1 N–H and O–H groups in total. The zero-order valence-electron chi connectivity index (χ0n) is 7.27. The lowest BCUT2D eigenvalue weighted by Crippen LogP contribution is -2.04. The molecule has 1 aromatic carbocycles. The van der Waals surface area contributed by atoms with Crippen molar-refractivity contribution in [2.75, 3.05) is 14.2 Å². The van der Waals surface area contributed by atoms with Crippen molar-refractivity contribution in [2.24, 2.45) is 0 Å². The predicted octanol–water partition coefficient (Wildman–Crippen LogP) is 2.65. The zero-order chi connectivity index (χ0) is 9.40. The highest BCUT2D eigenvalue weighted by atomic mass is 35.5. The fourth-order valence-corrected chi connectivity index (χ4v) is 0.932. The summed E-state index contributed by atoms with van der Waals surface area (Å²) >= 11 is 5.69. The second-order valence-electron chi connectivity index (χ2n) is 2.16. The van der Waals surface area contributed by atoms with E-state index in [1.807, 2.05) is 31.3 Å². The highest BCUT2D eigenvalue weighted by Crippen LogP contribution is 2.08. The van der Waals surface area contributed by atoms with Crippen LogP contribution in [0.3, 0.4) is 0 Å². The van der Waals surface area contributed by atoms with Gasteiger partial charge >= 0.3 is 0 Å². The summed E-state index contributed by atoms with van der Waals surface area (Å²) in [6, 6.07) is 7.82. The van der Waals surface area contributed by atoms with Crippen LogP contribution in [0.15, 0.2) is 24.3 Å². The molecule has 68 valence electrons. The Kier molecular flexibility index (Phi) is 6.72. The molecule has 1 rings (SSSR count). The van der Waals surface area contributed by atoms with Gasteiger partial charge in [0.25, 0.3) is 0 Å². The van der Waals surface area contributed by atoms with Gasteiger partial charge in [0.1, 0.15) is 0 Å². The number of hydrogen-bond acceptors (Lipinski definition) is 1. The summed E-state index contributed by atoms with van der Waals surface area (Å²) in [6.45, 7) is 0.900. The van der Waals surface area contributed by atoms with Crippen LogP contribution in [0.2, 0.25) is 5.02 Å². The lowest BCUT2D eigenvalue weighted by molar-refractivity contribution is 0.636. The van der Waals surface area contributed by atoms with E-state index in [9.17, 15) is 4.39 Å². The zero-order valence-corrected chi connectivity index (χ0v) is 8.03. The van der Waals surface area contributed by atoms with E-state index in [4.69, 9.17) is 11.6 Å². The first-order chi connectivity index (χ1) is 5.83. The van der Waals surface area contributed by atoms with Gasteiger partial charge in [0, 0.05) is 11.6 Å². The van der Waals surface area contributed by atoms with Gasteiger partial charge in [0.2, 0.25) is 0 Å². The van der Waals surface area contributed by atoms with Crippen LogP contribution in [0.5, 0.6) is 0 Å². The molecule has 0 bridgehead atoms. The number of benzene rings is 1. The maximum absolute atomic E-state index is 9.50. The van der Waals surface area contributed by atoms with Gasteiger partial charge in [-0.25, -0.2) is 0 Å². The Bertz CT molecular complexity index is 198. The number of rotatable bonds is 2.